The molecule has 0 aromatic heterocycles. The fourth-order valence-corrected chi connectivity index (χ4v) is 1.04. The maximum absolute atomic E-state index is 5.63. The molecule has 3 N–H and O–H groups in total. The fraction of sp³-hybridized carbons (Fsp3) is 0.400. The first-order valence-electron chi connectivity index (χ1n) is 4.25. The van der Waals surface area contributed by atoms with E-state index in [1.165, 1.54) is 11.3 Å². The minimum Gasteiger partial charge on any atom is -0.383 e. The van der Waals surface area contributed by atoms with Crippen LogP contribution < -0.4 is 11.1 Å². The molecule has 2 nitrogen and oxygen atoms in total. The topological polar surface area (TPSA) is 38.0 Å². The smallest absolute Gasteiger partial charge is 0.0370 e. The fourth-order valence-electron chi connectivity index (χ4n) is 1.04. The number of nitrogens with one attached hydrogen (secondary N) is 1. The first-order valence-corrected chi connectivity index (χ1v) is 4.25. The van der Waals surface area contributed by atoms with Gasteiger partial charge in [0.1, 0.15) is 0 Å². The minimum atomic E-state index is 0.199. The van der Waals surface area contributed by atoms with Gasteiger partial charge < -0.3 is 11.1 Å². The van der Waals surface area contributed by atoms with Crippen molar-refractivity contribution in [3.05, 3.63) is 29.8 Å². The van der Waals surface area contributed by atoms with Crippen molar-refractivity contribution in [3.63, 3.8) is 0 Å². The first kappa shape index (κ1) is 9.07. The Morgan fingerprint density at radius 1 is 1.42 bits per heavy atom. The Morgan fingerprint density at radius 2 is 2.08 bits per heavy atom. The van der Waals surface area contributed by atoms with Crippen LogP contribution in [-0.4, -0.2) is 12.6 Å². The average molecular weight is 164 g/mol. The molecule has 0 bridgehead atoms. The monoisotopic (exact) mass is 164 g/mol. The second kappa shape index (κ2) is 4.12. The molecule has 12 heavy (non-hydrogen) atoms. The zero-order valence-electron chi connectivity index (χ0n) is 7.67. The average Bonchev–Trinajstić information content (AvgIpc) is 2.03. The van der Waals surface area contributed by atoms with E-state index in [9.17, 15) is 0 Å². The summed E-state index contributed by atoms with van der Waals surface area (Å²) in [5.74, 6) is 0. The summed E-state index contributed by atoms with van der Waals surface area (Å²) in [4.78, 5) is 0. The van der Waals surface area contributed by atoms with E-state index in [0.717, 1.165) is 6.54 Å². The molecule has 0 spiro atoms. The van der Waals surface area contributed by atoms with Gasteiger partial charge in [0.25, 0.3) is 0 Å². The number of benzene rings is 1. The van der Waals surface area contributed by atoms with E-state index < -0.39 is 0 Å². The molecule has 1 aromatic rings. The van der Waals surface area contributed by atoms with Crippen molar-refractivity contribution in [3.8, 4) is 0 Å². The van der Waals surface area contributed by atoms with Crippen LogP contribution >= 0.6 is 0 Å². The highest BCUT2D eigenvalue weighted by atomic mass is 14.9. The molecule has 2 heteroatoms. The molecule has 0 amide bonds. The molecule has 1 unspecified atom stereocenters. The molecule has 1 atom stereocenters. The normalized spacial score (nSPS) is 12.6. The third-order valence-electron chi connectivity index (χ3n) is 1.76. The lowest BCUT2D eigenvalue weighted by atomic mass is 10.2. The first-order chi connectivity index (χ1) is 5.70. The van der Waals surface area contributed by atoms with Crippen LogP contribution in [0.2, 0.25) is 0 Å². The Balaban J connectivity index is 2.57. The summed E-state index contributed by atoms with van der Waals surface area (Å²) in [6, 6.07) is 8.41. The second-order valence-corrected chi connectivity index (χ2v) is 3.17. The van der Waals surface area contributed by atoms with Gasteiger partial charge in [0.05, 0.1) is 0 Å². The molecule has 0 aliphatic heterocycles. The molecule has 1 rings (SSSR count). The van der Waals surface area contributed by atoms with Gasteiger partial charge in [-0.2, -0.15) is 0 Å². The highest BCUT2D eigenvalue weighted by Gasteiger charge is 1.96. The standard InChI is InChI=1S/C10H16N2/c1-8-5-3-4-6-10(8)12-7-9(2)11/h3-6,9,12H,7,11H2,1-2H3. The van der Waals surface area contributed by atoms with Crippen molar-refractivity contribution >= 4 is 5.69 Å². The highest BCUT2D eigenvalue weighted by molar-refractivity contribution is 5.50. The third-order valence-corrected chi connectivity index (χ3v) is 1.76. The minimum absolute atomic E-state index is 0.199. The predicted octanol–water partition coefficient (Wildman–Crippen LogP) is 1.75. The van der Waals surface area contributed by atoms with Gasteiger partial charge in [-0.15, -0.1) is 0 Å². The molecule has 0 saturated heterocycles. The van der Waals surface area contributed by atoms with Gasteiger partial charge in [-0.25, -0.2) is 0 Å². The molecule has 0 aliphatic carbocycles. The SMILES string of the molecule is Cc1ccccc1NCC(C)N. The van der Waals surface area contributed by atoms with E-state index in [1.807, 2.05) is 19.1 Å². The lowest BCUT2D eigenvalue weighted by Crippen LogP contribution is -2.25. The number of hydrogen-bond acceptors (Lipinski definition) is 2. The van der Waals surface area contributed by atoms with Crippen molar-refractivity contribution in [2.24, 2.45) is 5.73 Å². The Morgan fingerprint density at radius 3 is 2.67 bits per heavy atom. The van der Waals surface area contributed by atoms with Crippen LogP contribution in [0.25, 0.3) is 0 Å². The lowest BCUT2D eigenvalue weighted by molar-refractivity contribution is 0.779. The Hall–Kier alpha value is -1.02. The van der Waals surface area contributed by atoms with Gasteiger partial charge in [0, 0.05) is 18.3 Å². The molecule has 0 radical (unpaired) electrons. The van der Waals surface area contributed by atoms with Crippen LogP contribution in [0, 0.1) is 6.92 Å². The van der Waals surface area contributed by atoms with Crippen LogP contribution in [0.15, 0.2) is 24.3 Å². The molecule has 0 heterocycles. The summed E-state index contributed by atoms with van der Waals surface area (Å²) in [7, 11) is 0. The molecular weight excluding hydrogens is 148 g/mol. The number of rotatable bonds is 3. The largest absolute Gasteiger partial charge is 0.383 e. The van der Waals surface area contributed by atoms with Gasteiger partial charge in [0.15, 0.2) is 0 Å². The van der Waals surface area contributed by atoms with E-state index in [1.54, 1.807) is 0 Å². The van der Waals surface area contributed by atoms with Crippen LogP contribution in [0.3, 0.4) is 0 Å². The van der Waals surface area contributed by atoms with Crippen molar-refractivity contribution in [2.75, 3.05) is 11.9 Å². The summed E-state index contributed by atoms with van der Waals surface area (Å²) in [6.45, 7) is 4.90. The highest BCUT2D eigenvalue weighted by Crippen LogP contribution is 2.12. The van der Waals surface area contributed by atoms with Crippen molar-refractivity contribution in [1.82, 2.24) is 0 Å². The maximum atomic E-state index is 5.63. The Labute approximate surface area is 73.8 Å². The summed E-state index contributed by atoms with van der Waals surface area (Å²) in [5, 5.41) is 3.29. The van der Waals surface area contributed by atoms with Crippen molar-refractivity contribution in [1.29, 1.82) is 0 Å². The predicted molar refractivity (Wildman–Crippen MR) is 53.3 cm³/mol. The molecule has 0 fully saturated rings. The molecule has 0 aliphatic rings. The molecule has 66 valence electrons. The van der Waals surface area contributed by atoms with Crippen molar-refractivity contribution < 1.29 is 0 Å². The van der Waals surface area contributed by atoms with E-state index in [0.29, 0.717) is 0 Å². The van der Waals surface area contributed by atoms with Crippen LogP contribution in [0.1, 0.15) is 12.5 Å². The van der Waals surface area contributed by atoms with Crippen LogP contribution in [0.5, 0.6) is 0 Å². The Kier molecular flexibility index (Phi) is 3.11. The number of nitrogens with two attached hydrogens (primary N) is 1. The third kappa shape index (κ3) is 2.55. The van der Waals surface area contributed by atoms with Crippen LogP contribution in [-0.2, 0) is 0 Å². The quantitative estimate of drug-likeness (QED) is 0.714. The van der Waals surface area contributed by atoms with Crippen LogP contribution in [0.4, 0.5) is 5.69 Å². The number of para-hydroxylation sites is 1. The number of aryl methyl sites for hydroxylation is 1. The van der Waals surface area contributed by atoms with E-state index in [-0.39, 0.29) is 6.04 Å². The van der Waals surface area contributed by atoms with Gasteiger partial charge in [-0.05, 0) is 25.5 Å². The van der Waals surface area contributed by atoms with E-state index in [4.69, 9.17) is 5.73 Å². The lowest BCUT2D eigenvalue weighted by Gasteiger charge is -2.10. The zero-order chi connectivity index (χ0) is 8.97. The Bertz CT molecular complexity index is 243. The zero-order valence-corrected chi connectivity index (χ0v) is 7.67. The molecule has 1 aromatic carbocycles. The maximum Gasteiger partial charge on any atom is 0.0370 e. The summed E-state index contributed by atoms with van der Waals surface area (Å²) >= 11 is 0. The second-order valence-electron chi connectivity index (χ2n) is 3.17. The number of anilines is 1. The summed E-state index contributed by atoms with van der Waals surface area (Å²) < 4.78 is 0. The summed E-state index contributed by atoms with van der Waals surface area (Å²) in [5.41, 5.74) is 8.07. The molecular formula is C10H16N2. The van der Waals surface area contributed by atoms with E-state index in [2.05, 4.69) is 24.4 Å². The van der Waals surface area contributed by atoms with Gasteiger partial charge in [-0.3, -0.25) is 0 Å². The van der Waals surface area contributed by atoms with Gasteiger partial charge >= 0.3 is 0 Å². The summed E-state index contributed by atoms with van der Waals surface area (Å²) in [6.07, 6.45) is 0. The van der Waals surface area contributed by atoms with E-state index >= 15 is 0 Å². The van der Waals surface area contributed by atoms with Gasteiger partial charge in [-0.1, -0.05) is 18.2 Å². The van der Waals surface area contributed by atoms with Gasteiger partial charge in [0.2, 0.25) is 0 Å². The molecule has 0 saturated carbocycles. The number of hydrogen-bond donors (Lipinski definition) is 2. The van der Waals surface area contributed by atoms with Crippen molar-refractivity contribution in [2.45, 2.75) is 19.9 Å².